The van der Waals surface area contributed by atoms with Crippen LogP contribution in [0, 0.1) is 13.8 Å². The lowest BCUT2D eigenvalue weighted by molar-refractivity contribution is 0.876. The third-order valence-corrected chi connectivity index (χ3v) is 3.47. The normalized spacial score (nSPS) is 10.6. The van der Waals surface area contributed by atoms with Crippen LogP contribution in [0.5, 0.6) is 0 Å². The molecule has 1 aromatic heterocycles. The van der Waals surface area contributed by atoms with Crippen LogP contribution in [0.2, 0.25) is 0 Å². The van der Waals surface area contributed by atoms with Crippen molar-refractivity contribution in [3.63, 3.8) is 0 Å². The van der Waals surface area contributed by atoms with Crippen molar-refractivity contribution in [3.05, 3.63) is 82.4 Å². The molecule has 3 rings (SSSR count). The van der Waals surface area contributed by atoms with Crippen LogP contribution in [0.4, 0.5) is 0 Å². The first-order chi connectivity index (χ1) is 10.1. The molecule has 0 radical (unpaired) electrons. The number of nitrogens with zero attached hydrogens (tertiary/aromatic N) is 2. The largest absolute Gasteiger partial charge is 0.352 e. The minimum absolute atomic E-state index is 0.253. The standard InChI is InChI=1S/C18H16N2O/c1-13-8-10-15(11-9-13)17-12-14(2)20(18(21)19-17)16-6-4-3-5-7-16/h3-12H,1-2H3. The average molecular weight is 276 g/mol. The smallest absolute Gasteiger partial charge is 0.265 e. The number of rotatable bonds is 2. The number of para-hydroxylation sites is 1. The van der Waals surface area contributed by atoms with Crippen LogP contribution in [-0.2, 0) is 0 Å². The second kappa shape index (κ2) is 5.37. The van der Waals surface area contributed by atoms with E-state index in [0.717, 1.165) is 16.9 Å². The molecule has 0 aliphatic rings. The Kier molecular flexibility index (Phi) is 3.40. The highest BCUT2D eigenvalue weighted by atomic mass is 16.1. The molecule has 0 saturated carbocycles. The van der Waals surface area contributed by atoms with Crippen LogP contribution in [-0.4, -0.2) is 9.55 Å². The first-order valence-electron chi connectivity index (χ1n) is 6.88. The first kappa shape index (κ1) is 13.3. The molecule has 1 heterocycles. The molecule has 3 nitrogen and oxygen atoms in total. The van der Waals surface area contributed by atoms with E-state index in [1.807, 2.05) is 74.5 Å². The van der Waals surface area contributed by atoms with Gasteiger partial charge in [0.05, 0.1) is 11.4 Å². The fraction of sp³-hybridized carbons (Fsp3) is 0.111. The van der Waals surface area contributed by atoms with Gasteiger partial charge in [0.15, 0.2) is 0 Å². The summed E-state index contributed by atoms with van der Waals surface area (Å²) >= 11 is 0. The molecule has 3 heteroatoms. The zero-order valence-corrected chi connectivity index (χ0v) is 12.1. The summed E-state index contributed by atoms with van der Waals surface area (Å²) in [5, 5.41) is 0. The minimum Gasteiger partial charge on any atom is -0.265 e. The van der Waals surface area contributed by atoms with Crippen LogP contribution in [0.25, 0.3) is 16.9 Å². The second-order valence-corrected chi connectivity index (χ2v) is 5.10. The Morgan fingerprint density at radius 1 is 0.905 bits per heavy atom. The molecule has 104 valence electrons. The monoisotopic (exact) mass is 276 g/mol. The van der Waals surface area contributed by atoms with Crippen molar-refractivity contribution < 1.29 is 0 Å². The summed E-state index contributed by atoms with van der Waals surface area (Å²) in [5.41, 5.74) is 4.32. The van der Waals surface area contributed by atoms with E-state index < -0.39 is 0 Å². The van der Waals surface area contributed by atoms with Crippen LogP contribution >= 0.6 is 0 Å². The molecule has 0 atom stereocenters. The molecule has 2 aromatic carbocycles. The van der Waals surface area contributed by atoms with Crippen LogP contribution in [0.3, 0.4) is 0 Å². The van der Waals surface area contributed by atoms with Crippen molar-refractivity contribution in [2.75, 3.05) is 0 Å². The highest BCUT2D eigenvalue weighted by Gasteiger charge is 2.08. The van der Waals surface area contributed by atoms with E-state index in [-0.39, 0.29) is 5.69 Å². The van der Waals surface area contributed by atoms with Gasteiger partial charge >= 0.3 is 5.69 Å². The molecule has 0 saturated heterocycles. The highest BCUT2D eigenvalue weighted by Crippen LogP contribution is 2.18. The Labute approximate surface area is 123 Å². The van der Waals surface area contributed by atoms with E-state index in [1.165, 1.54) is 5.56 Å². The van der Waals surface area contributed by atoms with Gasteiger partial charge in [0, 0.05) is 11.3 Å². The molecule has 3 aromatic rings. The zero-order valence-electron chi connectivity index (χ0n) is 12.1. The van der Waals surface area contributed by atoms with Gasteiger partial charge in [0.1, 0.15) is 0 Å². The van der Waals surface area contributed by atoms with Gasteiger partial charge in [0.2, 0.25) is 0 Å². The third-order valence-electron chi connectivity index (χ3n) is 3.47. The summed E-state index contributed by atoms with van der Waals surface area (Å²) in [6, 6.07) is 19.5. The molecule has 0 amide bonds. The Morgan fingerprint density at radius 3 is 2.19 bits per heavy atom. The molecule has 0 spiro atoms. The van der Waals surface area contributed by atoms with Crippen LogP contribution in [0.1, 0.15) is 11.3 Å². The van der Waals surface area contributed by atoms with Gasteiger partial charge in [-0.2, -0.15) is 4.98 Å². The van der Waals surface area contributed by atoms with E-state index >= 15 is 0 Å². The summed E-state index contributed by atoms with van der Waals surface area (Å²) in [6.07, 6.45) is 0. The van der Waals surface area contributed by atoms with E-state index in [4.69, 9.17) is 0 Å². The molecule has 0 aliphatic carbocycles. The third kappa shape index (κ3) is 2.63. The summed E-state index contributed by atoms with van der Waals surface area (Å²) < 4.78 is 1.62. The second-order valence-electron chi connectivity index (χ2n) is 5.10. The predicted molar refractivity (Wildman–Crippen MR) is 84.7 cm³/mol. The lowest BCUT2D eigenvalue weighted by Crippen LogP contribution is -2.23. The lowest BCUT2D eigenvalue weighted by Gasteiger charge is -2.10. The first-order valence-corrected chi connectivity index (χ1v) is 6.88. The zero-order chi connectivity index (χ0) is 14.8. The number of aromatic nitrogens is 2. The van der Waals surface area contributed by atoms with Gasteiger partial charge in [-0.25, -0.2) is 4.79 Å². The fourth-order valence-electron chi connectivity index (χ4n) is 2.36. The number of benzene rings is 2. The lowest BCUT2D eigenvalue weighted by atomic mass is 10.1. The van der Waals surface area contributed by atoms with Gasteiger partial charge in [-0.15, -0.1) is 0 Å². The molecule has 0 N–H and O–H groups in total. The van der Waals surface area contributed by atoms with Crippen molar-refractivity contribution in [2.45, 2.75) is 13.8 Å². The van der Waals surface area contributed by atoms with Crippen molar-refractivity contribution in [1.29, 1.82) is 0 Å². The molecule has 21 heavy (non-hydrogen) atoms. The van der Waals surface area contributed by atoms with Gasteiger partial charge in [-0.3, -0.25) is 4.57 Å². The molecule has 0 fully saturated rings. The average Bonchev–Trinajstić information content (AvgIpc) is 2.48. The summed E-state index contributed by atoms with van der Waals surface area (Å²) in [6.45, 7) is 3.96. The fourth-order valence-corrected chi connectivity index (χ4v) is 2.36. The molecule has 0 aliphatic heterocycles. The quantitative estimate of drug-likeness (QED) is 0.718. The highest BCUT2D eigenvalue weighted by molar-refractivity contribution is 5.59. The molecular formula is C18H16N2O. The topological polar surface area (TPSA) is 34.9 Å². The SMILES string of the molecule is Cc1ccc(-c2cc(C)n(-c3ccccc3)c(=O)n2)cc1. The summed E-state index contributed by atoms with van der Waals surface area (Å²) in [7, 11) is 0. The van der Waals surface area contributed by atoms with Crippen LogP contribution < -0.4 is 5.69 Å². The van der Waals surface area contributed by atoms with Crippen molar-refractivity contribution >= 4 is 0 Å². The number of hydrogen-bond donors (Lipinski definition) is 0. The van der Waals surface area contributed by atoms with E-state index in [0.29, 0.717) is 5.69 Å². The molecular weight excluding hydrogens is 260 g/mol. The van der Waals surface area contributed by atoms with Crippen molar-refractivity contribution in [1.82, 2.24) is 9.55 Å². The Morgan fingerprint density at radius 2 is 1.57 bits per heavy atom. The van der Waals surface area contributed by atoms with Crippen molar-refractivity contribution in [2.24, 2.45) is 0 Å². The maximum Gasteiger partial charge on any atom is 0.352 e. The summed E-state index contributed by atoms with van der Waals surface area (Å²) in [5.74, 6) is 0. The predicted octanol–water partition coefficient (Wildman–Crippen LogP) is 3.52. The van der Waals surface area contributed by atoms with Crippen molar-refractivity contribution in [3.8, 4) is 16.9 Å². The van der Waals surface area contributed by atoms with E-state index in [2.05, 4.69) is 4.98 Å². The maximum atomic E-state index is 12.4. The number of aryl methyl sites for hydroxylation is 2. The Bertz CT molecular complexity index is 818. The Balaban J connectivity index is 2.13. The van der Waals surface area contributed by atoms with Gasteiger partial charge in [-0.1, -0.05) is 48.0 Å². The maximum absolute atomic E-state index is 12.4. The molecule has 0 bridgehead atoms. The molecule has 0 unspecified atom stereocenters. The number of hydrogen-bond acceptors (Lipinski definition) is 2. The summed E-state index contributed by atoms with van der Waals surface area (Å²) in [4.78, 5) is 16.6. The van der Waals surface area contributed by atoms with E-state index in [9.17, 15) is 4.79 Å². The van der Waals surface area contributed by atoms with Gasteiger partial charge < -0.3 is 0 Å². The minimum atomic E-state index is -0.253. The van der Waals surface area contributed by atoms with Gasteiger partial charge in [-0.05, 0) is 32.0 Å². The Hall–Kier alpha value is -2.68. The van der Waals surface area contributed by atoms with E-state index in [1.54, 1.807) is 4.57 Å². The van der Waals surface area contributed by atoms with Crippen LogP contribution in [0.15, 0.2) is 65.5 Å². The van der Waals surface area contributed by atoms with Gasteiger partial charge in [0.25, 0.3) is 0 Å².